The summed E-state index contributed by atoms with van der Waals surface area (Å²) in [5.74, 6) is 2.13. The van der Waals surface area contributed by atoms with Crippen LogP contribution in [0.2, 0.25) is 0 Å². The fourth-order valence-corrected chi connectivity index (χ4v) is 7.27. The summed E-state index contributed by atoms with van der Waals surface area (Å²) >= 11 is 1.07. The number of nitrogens with zero attached hydrogens (tertiary/aromatic N) is 6. The smallest absolute Gasteiger partial charge is 0.393 e. The van der Waals surface area contributed by atoms with Crippen LogP contribution in [-0.4, -0.2) is 63.8 Å². The topological polar surface area (TPSA) is 91.4 Å². The number of halogens is 3. The number of ether oxygens (including phenoxy) is 1. The molecule has 0 unspecified atom stereocenters. The Morgan fingerprint density at radius 1 is 1.07 bits per heavy atom. The van der Waals surface area contributed by atoms with Gasteiger partial charge >= 0.3 is 6.18 Å². The lowest BCUT2D eigenvalue weighted by molar-refractivity contribution is -0.126. The maximum atomic E-state index is 12.9. The van der Waals surface area contributed by atoms with Gasteiger partial charge in [-0.05, 0) is 60.6 Å². The average Bonchev–Trinajstić information content (AvgIpc) is 3.40. The normalized spacial score (nSPS) is 17.9. The number of nitriles is 1. The number of anilines is 1. The van der Waals surface area contributed by atoms with Gasteiger partial charge in [0.15, 0.2) is 0 Å². The summed E-state index contributed by atoms with van der Waals surface area (Å²) in [7, 11) is 0. The van der Waals surface area contributed by atoms with E-state index in [-0.39, 0.29) is 10.9 Å². The highest BCUT2D eigenvalue weighted by Crippen LogP contribution is 2.34. The highest BCUT2D eigenvalue weighted by atomic mass is 32.1. The molecule has 0 bridgehead atoms. The summed E-state index contributed by atoms with van der Waals surface area (Å²) < 4.78 is 46.7. The van der Waals surface area contributed by atoms with Gasteiger partial charge in [-0.15, -0.1) is 11.3 Å². The van der Waals surface area contributed by atoms with Crippen LogP contribution in [0.15, 0.2) is 53.3 Å². The van der Waals surface area contributed by atoms with Crippen LogP contribution in [-0.2, 0) is 24.2 Å². The number of fused-ring (bicyclic) bond motifs is 2. The van der Waals surface area contributed by atoms with Gasteiger partial charge in [0.2, 0.25) is 5.90 Å². The van der Waals surface area contributed by atoms with E-state index in [4.69, 9.17) is 4.74 Å². The molecule has 45 heavy (non-hydrogen) atoms. The maximum absolute atomic E-state index is 12.9. The first-order chi connectivity index (χ1) is 21.8. The van der Waals surface area contributed by atoms with Gasteiger partial charge in [0.1, 0.15) is 28.7 Å². The van der Waals surface area contributed by atoms with Crippen molar-refractivity contribution in [3.8, 4) is 6.07 Å². The zero-order valence-corrected chi connectivity index (χ0v) is 25.6. The minimum Gasteiger partial charge on any atom is -0.478 e. The Kier molecular flexibility index (Phi) is 8.23. The zero-order valence-electron chi connectivity index (χ0n) is 24.8. The molecule has 0 atom stereocenters. The van der Waals surface area contributed by atoms with Crippen molar-refractivity contribution in [1.82, 2.24) is 19.4 Å². The molecule has 0 amide bonds. The molecule has 4 aromatic rings. The van der Waals surface area contributed by atoms with Crippen LogP contribution in [0, 0.1) is 17.2 Å². The van der Waals surface area contributed by atoms with Gasteiger partial charge in [-0.25, -0.2) is 15.0 Å². The molecular formula is C33H34F3N7OS. The number of thiophene rings is 1. The zero-order chi connectivity index (χ0) is 31.0. The minimum atomic E-state index is -4.25. The first-order valence-electron chi connectivity index (χ1n) is 15.5. The first kappa shape index (κ1) is 29.7. The SMILES string of the molecule is N#Cc1cc2cc(CN3CCC(Nc4ncnc5sc(CC(F)(F)F)cc45)CC3)ccc2n1CC1=CC(OCCC2CC2)=NC1. The predicted molar refractivity (Wildman–Crippen MR) is 169 cm³/mol. The molecule has 1 aliphatic carbocycles. The van der Waals surface area contributed by atoms with Crippen molar-refractivity contribution in [3.05, 3.63) is 64.4 Å². The summed E-state index contributed by atoms with van der Waals surface area (Å²) in [4.78, 5) is 16.3. The van der Waals surface area contributed by atoms with Crippen LogP contribution < -0.4 is 5.32 Å². The van der Waals surface area contributed by atoms with Crippen LogP contribution in [0.3, 0.4) is 0 Å². The number of rotatable bonds is 10. The molecule has 1 N–H and O–H groups in total. The Labute approximate surface area is 263 Å². The lowest BCUT2D eigenvalue weighted by Gasteiger charge is -2.32. The van der Waals surface area contributed by atoms with Crippen molar-refractivity contribution in [1.29, 1.82) is 5.26 Å². The van der Waals surface area contributed by atoms with E-state index in [1.54, 1.807) is 6.07 Å². The number of likely N-dealkylation sites (tertiary alicyclic amines) is 1. The number of hydrogen-bond donors (Lipinski definition) is 1. The molecule has 12 heteroatoms. The molecule has 7 rings (SSSR count). The van der Waals surface area contributed by atoms with Crippen molar-refractivity contribution in [3.63, 3.8) is 0 Å². The molecule has 2 aliphatic heterocycles. The third kappa shape index (κ3) is 7.15. The van der Waals surface area contributed by atoms with E-state index in [1.807, 2.05) is 12.1 Å². The first-order valence-corrected chi connectivity index (χ1v) is 16.3. The highest BCUT2D eigenvalue weighted by Gasteiger charge is 2.29. The number of aliphatic imine (C=N–C) groups is 1. The Bertz CT molecular complexity index is 1810. The monoisotopic (exact) mass is 633 g/mol. The Balaban J connectivity index is 0.951. The van der Waals surface area contributed by atoms with E-state index in [2.05, 4.69) is 54.0 Å². The number of piperidine rings is 1. The van der Waals surface area contributed by atoms with E-state index in [9.17, 15) is 18.4 Å². The van der Waals surface area contributed by atoms with Crippen LogP contribution in [0.4, 0.5) is 19.0 Å². The summed E-state index contributed by atoms with van der Waals surface area (Å²) in [6.45, 7) is 4.50. The Morgan fingerprint density at radius 2 is 1.91 bits per heavy atom. The standard InChI is InChI=1S/C33H34F3N7OS/c34-33(35,36)15-27-14-28-31(39-20-40-32(28)45-27)41-25-5-8-42(9-6-25)18-22-3-4-29-24(11-22)13-26(16-37)43(29)19-23-12-30(38-17-23)44-10-7-21-1-2-21/h3-4,11-14,20-21,25H,1-2,5-10,15,17-19H2,(H,39,40,41). The molecule has 8 nitrogen and oxygen atoms in total. The molecule has 3 aliphatic rings. The predicted octanol–water partition coefficient (Wildman–Crippen LogP) is 6.85. The fourth-order valence-electron chi connectivity index (χ4n) is 6.24. The number of aromatic nitrogens is 3. The molecule has 0 spiro atoms. The lowest BCUT2D eigenvalue weighted by Crippen LogP contribution is -2.38. The minimum absolute atomic E-state index is 0.179. The van der Waals surface area contributed by atoms with E-state index in [0.29, 0.717) is 40.7 Å². The third-order valence-corrected chi connectivity index (χ3v) is 9.81. The van der Waals surface area contributed by atoms with E-state index in [1.165, 1.54) is 24.7 Å². The van der Waals surface area contributed by atoms with Crippen LogP contribution in [0.1, 0.15) is 48.2 Å². The molecule has 234 valence electrons. The number of alkyl halides is 3. The van der Waals surface area contributed by atoms with Gasteiger partial charge < -0.3 is 14.6 Å². The van der Waals surface area contributed by atoms with Gasteiger partial charge in [-0.1, -0.05) is 18.9 Å². The van der Waals surface area contributed by atoms with Crippen LogP contribution >= 0.6 is 11.3 Å². The fraction of sp³-hybridized carbons (Fsp3) is 0.455. The molecule has 2 fully saturated rings. The number of hydrogen-bond acceptors (Lipinski definition) is 8. The van der Waals surface area contributed by atoms with Crippen molar-refractivity contribution in [2.45, 2.75) is 63.8 Å². The largest absolute Gasteiger partial charge is 0.478 e. The van der Waals surface area contributed by atoms with Gasteiger partial charge in [0.25, 0.3) is 0 Å². The van der Waals surface area contributed by atoms with Crippen molar-refractivity contribution < 1.29 is 17.9 Å². The van der Waals surface area contributed by atoms with E-state index < -0.39 is 12.6 Å². The molecule has 1 saturated carbocycles. The van der Waals surface area contributed by atoms with Gasteiger partial charge in [-0.3, -0.25) is 4.90 Å². The van der Waals surface area contributed by atoms with Gasteiger partial charge in [0, 0.05) is 54.1 Å². The molecular weight excluding hydrogens is 599 g/mol. The second-order valence-corrected chi connectivity index (χ2v) is 13.4. The Morgan fingerprint density at radius 3 is 2.69 bits per heavy atom. The van der Waals surface area contributed by atoms with Crippen molar-refractivity contribution in [2.75, 3.05) is 31.6 Å². The number of nitrogens with one attached hydrogen (secondary N) is 1. The van der Waals surface area contributed by atoms with E-state index in [0.717, 1.165) is 79.2 Å². The van der Waals surface area contributed by atoms with Crippen molar-refractivity contribution >= 4 is 44.2 Å². The third-order valence-electron chi connectivity index (χ3n) is 8.77. The lowest BCUT2D eigenvalue weighted by atomic mass is 10.0. The summed E-state index contributed by atoms with van der Waals surface area (Å²) in [6, 6.07) is 12.5. The molecule has 3 aromatic heterocycles. The van der Waals surface area contributed by atoms with Crippen molar-refractivity contribution in [2.24, 2.45) is 10.9 Å². The highest BCUT2D eigenvalue weighted by molar-refractivity contribution is 7.18. The molecule has 1 aromatic carbocycles. The quantitative estimate of drug-likeness (QED) is 0.205. The second-order valence-electron chi connectivity index (χ2n) is 12.3. The summed E-state index contributed by atoms with van der Waals surface area (Å²) in [5.41, 5.74) is 3.99. The van der Waals surface area contributed by atoms with Gasteiger partial charge in [0.05, 0.1) is 25.0 Å². The van der Waals surface area contributed by atoms with Crippen LogP contribution in [0.5, 0.6) is 0 Å². The second kappa shape index (κ2) is 12.4. The van der Waals surface area contributed by atoms with E-state index >= 15 is 0 Å². The maximum Gasteiger partial charge on any atom is 0.393 e. The summed E-state index contributed by atoms with van der Waals surface area (Å²) in [6.07, 6.45) is 3.75. The summed E-state index contributed by atoms with van der Waals surface area (Å²) in [5, 5.41) is 15.0. The van der Waals surface area contributed by atoms with Gasteiger partial charge in [-0.2, -0.15) is 18.4 Å². The van der Waals surface area contributed by atoms with Crippen LogP contribution in [0.25, 0.3) is 21.1 Å². The average molecular weight is 634 g/mol. The number of benzene rings is 1. The Hall–Kier alpha value is -3.95. The molecule has 5 heterocycles. The molecule has 0 radical (unpaired) electrons. The molecule has 1 saturated heterocycles.